The Morgan fingerprint density at radius 1 is 1.18 bits per heavy atom. The first-order valence-electron chi connectivity index (χ1n) is 7.76. The molecule has 0 fully saturated rings. The van der Waals surface area contributed by atoms with Gasteiger partial charge in [-0.15, -0.1) is 0 Å². The Morgan fingerprint density at radius 3 is 2.68 bits per heavy atom. The third kappa shape index (κ3) is 4.83. The largest absolute Gasteiger partial charge is 0.384 e. The molecule has 0 saturated heterocycles. The van der Waals surface area contributed by atoms with Crippen LogP contribution in [0.2, 0.25) is 5.02 Å². The lowest BCUT2D eigenvalue weighted by atomic mass is 10.2. The van der Waals surface area contributed by atoms with Crippen LogP contribution >= 0.6 is 11.6 Å². The fraction of sp³-hybridized carbons (Fsp3) is 0.471. The molecular weight excluding hydrogens is 300 g/mol. The van der Waals surface area contributed by atoms with Gasteiger partial charge in [0.1, 0.15) is 0 Å². The highest BCUT2D eigenvalue weighted by Gasteiger charge is 2.07. The van der Waals surface area contributed by atoms with Crippen molar-refractivity contribution in [3.05, 3.63) is 35.5 Å². The molecule has 22 heavy (non-hydrogen) atoms. The molecular formula is C17H23ClN2O2. The minimum Gasteiger partial charge on any atom is -0.384 e. The molecule has 0 aliphatic rings. The number of hydrogen-bond donors (Lipinski definition) is 1. The van der Waals surface area contributed by atoms with Gasteiger partial charge >= 0.3 is 0 Å². The number of nitrogens with one attached hydrogen (secondary N) is 1. The maximum Gasteiger partial charge on any atom is 0.157 e. The summed E-state index contributed by atoms with van der Waals surface area (Å²) in [5.41, 5.74) is 1.98. The van der Waals surface area contributed by atoms with Crippen molar-refractivity contribution in [2.75, 3.05) is 25.1 Å². The molecule has 1 aromatic heterocycles. The van der Waals surface area contributed by atoms with Gasteiger partial charge in [-0.05, 0) is 44.5 Å². The predicted molar refractivity (Wildman–Crippen MR) is 91.5 cm³/mol. The van der Waals surface area contributed by atoms with Gasteiger partial charge in [-0.25, -0.2) is 0 Å². The van der Waals surface area contributed by atoms with Crippen molar-refractivity contribution in [1.29, 1.82) is 0 Å². The van der Waals surface area contributed by atoms with Gasteiger partial charge in [-0.3, -0.25) is 4.98 Å². The summed E-state index contributed by atoms with van der Waals surface area (Å²) >= 11 is 6.00. The quantitative estimate of drug-likeness (QED) is 0.546. The van der Waals surface area contributed by atoms with Gasteiger partial charge in [0.05, 0.1) is 5.52 Å². The summed E-state index contributed by atoms with van der Waals surface area (Å²) < 4.78 is 11.1. The lowest BCUT2D eigenvalue weighted by Crippen LogP contribution is -2.18. The highest BCUT2D eigenvalue weighted by Crippen LogP contribution is 2.24. The number of nitrogens with zero attached hydrogens (tertiary/aromatic N) is 1. The Balaban J connectivity index is 1.89. The molecule has 5 heteroatoms. The van der Waals surface area contributed by atoms with Gasteiger partial charge in [0.25, 0.3) is 0 Å². The van der Waals surface area contributed by atoms with Crippen LogP contribution in [0.5, 0.6) is 0 Å². The minimum atomic E-state index is -0.107. The number of aromatic nitrogens is 1. The van der Waals surface area contributed by atoms with Gasteiger partial charge in [-0.2, -0.15) is 0 Å². The number of anilines is 1. The Bertz CT molecular complexity index is 586. The first kappa shape index (κ1) is 17.0. The smallest absolute Gasteiger partial charge is 0.157 e. The van der Waals surface area contributed by atoms with E-state index in [4.69, 9.17) is 21.1 Å². The monoisotopic (exact) mass is 322 g/mol. The Hall–Kier alpha value is -1.36. The number of pyridine rings is 1. The van der Waals surface area contributed by atoms with Gasteiger partial charge < -0.3 is 14.8 Å². The van der Waals surface area contributed by atoms with Crippen LogP contribution in [0.25, 0.3) is 10.9 Å². The van der Waals surface area contributed by atoms with E-state index in [0.29, 0.717) is 18.2 Å². The molecule has 1 aromatic carbocycles. The van der Waals surface area contributed by atoms with E-state index in [1.54, 1.807) is 6.20 Å². The molecule has 1 N–H and O–H groups in total. The van der Waals surface area contributed by atoms with Gasteiger partial charge in [0.15, 0.2) is 6.29 Å². The lowest BCUT2D eigenvalue weighted by Gasteiger charge is -2.17. The number of ether oxygens (including phenoxy) is 2. The summed E-state index contributed by atoms with van der Waals surface area (Å²) in [6.45, 7) is 6.18. The van der Waals surface area contributed by atoms with Crippen LogP contribution < -0.4 is 5.32 Å². The summed E-state index contributed by atoms with van der Waals surface area (Å²) in [6.07, 6.45) is 3.54. The summed E-state index contributed by atoms with van der Waals surface area (Å²) in [4.78, 5) is 4.34. The van der Waals surface area contributed by atoms with Crippen LogP contribution in [0.4, 0.5) is 5.69 Å². The first-order valence-corrected chi connectivity index (χ1v) is 8.13. The molecule has 2 aromatic rings. The van der Waals surface area contributed by atoms with E-state index in [1.165, 1.54) is 0 Å². The fourth-order valence-corrected chi connectivity index (χ4v) is 2.52. The number of halogens is 1. The molecule has 0 unspecified atom stereocenters. The zero-order chi connectivity index (χ0) is 15.8. The Kier molecular flexibility index (Phi) is 6.90. The van der Waals surface area contributed by atoms with Crippen LogP contribution in [0.3, 0.4) is 0 Å². The molecule has 1 heterocycles. The zero-order valence-electron chi connectivity index (χ0n) is 13.1. The van der Waals surface area contributed by atoms with Crippen molar-refractivity contribution < 1.29 is 9.47 Å². The molecule has 120 valence electrons. The number of hydrogen-bond acceptors (Lipinski definition) is 4. The summed E-state index contributed by atoms with van der Waals surface area (Å²) in [5.74, 6) is 0. The van der Waals surface area contributed by atoms with E-state index >= 15 is 0 Å². The van der Waals surface area contributed by atoms with E-state index in [1.807, 2.05) is 38.1 Å². The number of rotatable bonds is 9. The van der Waals surface area contributed by atoms with Gasteiger partial charge in [-0.1, -0.05) is 11.6 Å². The van der Waals surface area contributed by atoms with E-state index in [2.05, 4.69) is 10.3 Å². The highest BCUT2D eigenvalue weighted by atomic mass is 35.5. The van der Waals surface area contributed by atoms with Crippen molar-refractivity contribution >= 4 is 28.2 Å². The average molecular weight is 323 g/mol. The molecule has 0 aliphatic heterocycles. The second-order valence-corrected chi connectivity index (χ2v) is 5.37. The van der Waals surface area contributed by atoms with E-state index in [-0.39, 0.29) is 6.29 Å². The maximum absolute atomic E-state index is 6.00. The van der Waals surface area contributed by atoms with Crippen LogP contribution in [-0.4, -0.2) is 31.0 Å². The van der Waals surface area contributed by atoms with Crippen molar-refractivity contribution in [2.45, 2.75) is 33.0 Å². The highest BCUT2D eigenvalue weighted by molar-refractivity contribution is 6.31. The van der Waals surface area contributed by atoms with Gasteiger partial charge in [0.2, 0.25) is 0 Å². The molecule has 0 saturated carbocycles. The predicted octanol–water partition coefficient (Wildman–Crippen LogP) is 4.48. The zero-order valence-corrected chi connectivity index (χ0v) is 13.9. The van der Waals surface area contributed by atoms with Crippen LogP contribution in [0.1, 0.15) is 26.7 Å². The average Bonchev–Trinajstić information content (AvgIpc) is 2.51. The summed E-state index contributed by atoms with van der Waals surface area (Å²) in [5, 5.41) is 5.24. The third-order valence-corrected chi connectivity index (χ3v) is 3.58. The van der Waals surface area contributed by atoms with Crippen LogP contribution in [-0.2, 0) is 9.47 Å². The Morgan fingerprint density at radius 2 is 1.95 bits per heavy atom. The minimum absolute atomic E-state index is 0.107. The molecule has 0 aliphatic carbocycles. The first-order chi connectivity index (χ1) is 10.7. The molecule has 0 spiro atoms. The van der Waals surface area contributed by atoms with Crippen LogP contribution in [0.15, 0.2) is 30.5 Å². The molecule has 0 bridgehead atoms. The third-order valence-electron chi connectivity index (χ3n) is 3.34. The standard InChI is InChI=1S/C17H23ClN2O2/c1-3-21-17(22-4-2)6-5-10-19-15-9-11-20-16-12-13(18)7-8-14(15)16/h7-9,11-12,17H,3-6,10H2,1-2H3,(H,19,20). The summed E-state index contributed by atoms with van der Waals surface area (Å²) in [6, 6.07) is 7.74. The van der Waals surface area contributed by atoms with Crippen molar-refractivity contribution in [3.8, 4) is 0 Å². The van der Waals surface area contributed by atoms with E-state index < -0.39 is 0 Å². The van der Waals surface area contributed by atoms with Crippen LogP contribution in [0, 0.1) is 0 Å². The molecule has 0 amide bonds. The normalized spacial score (nSPS) is 11.3. The topological polar surface area (TPSA) is 43.4 Å². The maximum atomic E-state index is 6.00. The van der Waals surface area contributed by atoms with Crippen molar-refractivity contribution in [3.63, 3.8) is 0 Å². The Labute approximate surface area is 136 Å². The lowest BCUT2D eigenvalue weighted by molar-refractivity contribution is -0.139. The van der Waals surface area contributed by atoms with Gasteiger partial charge in [0, 0.05) is 48.5 Å². The number of fused-ring (bicyclic) bond motifs is 1. The molecule has 0 radical (unpaired) electrons. The van der Waals surface area contributed by atoms with Crippen molar-refractivity contribution in [2.24, 2.45) is 0 Å². The van der Waals surface area contributed by atoms with E-state index in [9.17, 15) is 0 Å². The summed E-state index contributed by atoms with van der Waals surface area (Å²) in [7, 11) is 0. The molecule has 2 rings (SSSR count). The van der Waals surface area contributed by atoms with E-state index in [0.717, 1.165) is 36.0 Å². The second kappa shape index (κ2) is 8.93. The second-order valence-electron chi connectivity index (χ2n) is 4.93. The molecule has 4 nitrogen and oxygen atoms in total. The fourth-order valence-electron chi connectivity index (χ4n) is 2.35. The SMILES string of the molecule is CCOC(CCCNc1ccnc2cc(Cl)ccc12)OCC. The van der Waals surface area contributed by atoms with Crippen molar-refractivity contribution in [1.82, 2.24) is 4.98 Å². The number of benzene rings is 1. The molecule has 0 atom stereocenters.